The van der Waals surface area contributed by atoms with Gasteiger partial charge in [-0.2, -0.15) is 11.8 Å². The first-order valence-corrected chi connectivity index (χ1v) is 20.6. The number of sulfone groups is 1. The lowest BCUT2D eigenvalue weighted by Crippen LogP contribution is -2.52. The van der Waals surface area contributed by atoms with Crippen molar-refractivity contribution >= 4 is 56.1 Å². The number of imidazole rings is 1. The maximum absolute atomic E-state index is 14.2. The number of nitro groups is 1. The summed E-state index contributed by atoms with van der Waals surface area (Å²) in [6.45, 7) is 8.96. The average Bonchev–Trinajstić information content (AvgIpc) is 3.63. The molecular weight excluding hydrogens is 773 g/mol. The number of aromatic nitrogens is 4. The molecule has 0 aliphatic carbocycles. The molecule has 2 aromatic carbocycles. The maximum Gasteiger partial charge on any atom is 0.335 e. The van der Waals surface area contributed by atoms with Gasteiger partial charge in [-0.25, -0.2) is 27.6 Å². The molecule has 1 aliphatic rings. The molecule has 1 amide bonds. The standard InChI is InChI=1S/C40H42N6O9S2/c1-39(2,3)21-32(47)30(43-37(49)35-33(24-56-40(35,4)5)57(53,54)29-8-6-18-41-22-29)20-25-10-12-26(13-11-25)45-36-31(9-7-19-42-36)44(38(45)50)23-34(48)55-28-16-14-27(15-17-28)46(51)52/h6-19,22,30,33,35H,20-21,23-24H2,1-5H3,(H,43,49)/t30-,33?,35+/m0/s1. The number of amides is 1. The summed E-state index contributed by atoms with van der Waals surface area (Å²) < 4.78 is 34.7. The van der Waals surface area contributed by atoms with Gasteiger partial charge in [-0.3, -0.25) is 29.3 Å². The number of nitro benzene ring substituents is 1. The van der Waals surface area contributed by atoms with Crippen molar-refractivity contribution < 1.29 is 32.5 Å². The number of fused-ring (bicyclic) bond motifs is 1. The molecule has 1 unspecified atom stereocenters. The number of benzene rings is 2. The summed E-state index contributed by atoms with van der Waals surface area (Å²) in [4.78, 5) is 73.6. The highest BCUT2D eigenvalue weighted by molar-refractivity contribution is 8.02. The molecule has 6 rings (SSSR count). The first-order chi connectivity index (χ1) is 26.9. The smallest absolute Gasteiger partial charge is 0.335 e. The Balaban J connectivity index is 1.25. The van der Waals surface area contributed by atoms with Gasteiger partial charge < -0.3 is 10.1 Å². The van der Waals surface area contributed by atoms with Gasteiger partial charge in [0.25, 0.3) is 5.69 Å². The zero-order valence-corrected chi connectivity index (χ0v) is 33.6. The van der Waals surface area contributed by atoms with E-state index in [4.69, 9.17) is 4.74 Å². The molecule has 0 saturated carbocycles. The lowest BCUT2D eigenvalue weighted by molar-refractivity contribution is -0.384. The van der Waals surface area contributed by atoms with Crippen LogP contribution in [0.5, 0.6) is 5.75 Å². The third kappa shape index (κ3) is 8.99. The van der Waals surface area contributed by atoms with Crippen LogP contribution < -0.4 is 15.7 Å². The minimum absolute atomic E-state index is 0.0335. The Hall–Kier alpha value is -5.68. The molecule has 298 valence electrons. The van der Waals surface area contributed by atoms with Gasteiger partial charge in [-0.1, -0.05) is 32.9 Å². The number of esters is 1. The molecule has 0 radical (unpaired) electrons. The summed E-state index contributed by atoms with van der Waals surface area (Å²) >= 11 is 1.40. The van der Waals surface area contributed by atoms with Crippen LogP contribution in [0.4, 0.5) is 5.69 Å². The van der Waals surface area contributed by atoms with E-state index >= 15 is 0 Å². The van der Waals surface area contributed by atoms with Crippen molar-refractivity contribution in [2.75, 3.05) is 5.75 Å². The minimum Gasteiger partial charge on any atom is -0.425 e. The molecule has 0 spiro atoms. The van der Waals surface area contributed by atoms with Crippen molar-refractivity contribution in [3.63, 3.8) is 0 Å². The van der Waals surface area contributed by atoms with E-state index in [1.54, 1.807) is 36.4 Å². The topological polar surface area (TPSA) is 202 Å². The Kier molecular flexibility index (Phi) is 11.5. The molecule has 1 N–H and O–H groups in total. The lowest BCUT2D eigenvalue weighted by Gasteiger charge is -2.31. The lowest BCUT2D eigenvalue weighted by atomic mass is 9.85. The number of hydrogen-bond donors (Lipinski definition) is 1. The predicted octanol–water partition coefficient (Wildman–Crippen LogP) is 5.11. The number of pyridine rings is 2. The van der Waals surface area contributed by atoms with Gasteiger partial charge in [0.05, 0.1) is 38.2 Å². The normalized spacial score (nSPS) is 17.2. The van der Waals surface area contributed by atoms with Crippen LogP contribution in [-0.4, -0.2) is 71.9 Å². The van der Waals surface area contributed by atoms with Crippen molar-refractivity contribution in [3.05, 3.63) is 118 Å². The number of nitrogens with zero attached hydrogens (tertiary/aromatic N) is 5. The molecule has 15 nitrogen and oxygen atoms in total. The summed E-state index contributed by atoms with van der Waals surface area (Å²) in [5, 5.41) is 12.9. The van der Waals surface area contributed by atoms with Gasteiger partial charge in [-0.05, 0) is 79.8 Å². The largest absolute Gasteiger partial charge is 0.425 e. The number of nitrogens with one attached hydrogen (secondary N) is 1. The third-order valence-electron chi connectivity index (χ3n) is 9.69. The van der Waals surface area contributed by atoms with Crippen molar-refractivity contribution in [2.24, 2.45) is 11.3 Å². The quantitative estimate of drug-likeness (QED) is 0.0713. The van der Waals surface area contributed by atoms with Crippen LogP contribution in [0.2, 0.25) is 0 Å². The summed E-state index contributed by atoms with van der Waals surface area (Å²) in [6.07, 6.45) is 4.53. The SMILES string of the molecule is CC(C)(C)CC(=O)[C@H](Cc1ccc(-n2c(=O)n(CC(=O)Oc3ccc([N+](=O)[O-])cc3)c3cccnc32)cc1)NC(=O)[C@H]1C(S(=O)(=O)c2cccnc2)CSC1(C)C. The van der Waals surface area contributed by atoms with E-state index in [0.29, 0.717) is 16.8 Å². The van der Waals surface area contributed by atoms with Crippen LogP contribution >= 0.6 is 11.8 Å². The molecule has 4 heterocycles. The zero-order valence-electron chi connectivity index (χ0n) is 31.9. The highest BCUT2D eigenvalue weighted by Gasteiger charge is 2.53. The monoisotopic (exact) mass is 814 g/mol. The molecule has 3 aromatic heterocycles. The number of thioether (sulfide) groups is 1. The minimum atomic E-state index is -3.93. The number of Topliss-reactive ketones (excluding diaryl/α,β-unsaturated/α-hetero) is 1. The van der Waals surface area contributed by atoms with E-state index in [9.17, 15) is 37.7 Å². The summed E-state index contributed by atoms with van der Waals surface area (Å²) in [5.41, 5.74) is 0.590. The molecule has 5 aromatic rings. The van der Waals surface area contributed by atoms with E-state index in [1.165, 1.54) is 75.9 Å². The van der Waals surface area contributed by atoms with E-state index in [2.05, 4.69) is 15.3 Å². The molecule has 17 heteroatoms. The molecule has 1 saturated heterocycles. The summed E-state index contributed by atoms with van der Waals surface area (Å²) in [6, 6.07) is 17.1. The van der Waals surface area contributed by atoms with Crippen molar-refractivity contribution in [2.45, 2.75) is 74.9 Å². The average molecular weight is 815 g/mol. The van der Waals surface area contributed by atoms with Gasteiger partial charge in [0, 0.05) is 47.6 Å². The first kappa shape index (κ1) is 41.0. The van der Waals surface area contributed by atoms with Crippen LogP contribution in [0, 0.1) is 21.4 Å². The Morgan fingerprint density at radius 2 is 1.72 bits per heavy atom. The number of carbonyl (C=O) groups excluding carboxylic acids is 3. The summed E-state index contributed by atoms with van der Waals surface area (Å²) in [7, 11) is -3.93. The number of non-ortho nitro benzene ring substituents is 1. The van der Waals surface area contributed by atoms with Gasteiger partial charge in [-0.15, -0.1) is 0 Å². The van der Waals surface area contributed by atoms with E-state index < -0.39 is 66.2 Å². The van der Waals surface area contributed by atoms with Crippen molar-refractivity contribution in [1.29, 1.82) is 0 Å². The molecule has 57 heavy (non-hydrogen) atoms. The van der Waals surface area contributed by atoms with E-state index in [1.807, 2.05) is 34.6 Å². The Morgan fingerprint density at radius 3 is 2.35 bits per heavy atom. The number of ether oxygens (including phenoxy) is 1. The fourth-order valence-electron chi connectivity index (χ4n) is 6.94. The maximum atomic E-state index is 14.2. The number of ketones is 1. The Morgan fingerprint density at radius 1 is 1.04 bits per heavy atom. The second-order valence-electron chi connectivity index (χ2n) is 15.6. The van der Waals surface area contributed by atoms with Gasteiger partial charge >= 0.3 is 11.7 Å². The molecular formula is C40H42N6O9S2. The molecule has 3 atom stereocenters. The predicted molar refractivity (Wildman–Crippen MR) is 214 cm³/mol. The number of hydrogen-bond acceptors (Lipinski definition) is 12. The number of rotatable bonds is 13. The van der Waals surface area contributed by atoms with Crippen LogP contribution in [0.3, 0.4) is 0 Å². The van der Waals surface area contributed by atoms with E-state index in [0.717, 1.165) is 0 Å². The van der Waals surface area contributed by atoms with Crippen molar-refractivity contribution in [3.8, 4) is 11.4 Å². The fraction of sp³-hybridized carbons (Fsp3) is 0.350. The first-order valence-electron chi connectivity index (χ1n) is 18.1. The van der Waals surface area contributed by atoms with E-state index in [-0.39, 0.29) is 46.4 Å². The van der Waals surface area contributed by atoms with Gasteiger partial charge in [0.15, 0.2) is 21.3 Å². The summed E-state index contributed by atoms with van der Waals surface area (Å²) in [5.74, 6) is -2.19. The van der Waals surface area contributed by atoms with Crippen LogP contribution in [0.1, 0.15) is 46.6 Å². The highest BCUT2D eigenvalue weighted by atomic mass is 32.2. The highest BCUT2D eigenvalue weighted by Crippen LogP contribution is 2.46. The van der Waals surface area contributed by atoms with Crippen molar-refractivity contribution in [1.82, 2.24) is 24.4 Å². The van der Waals surface area contributed by atoms with Gasteiger partial charge in [0.1, 0.15) is 12.3 Å². The second-order valence-corrected chi connectivity index (χ2v) is 19.4. The van der Waals surface area contributed by atoms with Crippen LogP contribution in [0.25, 0.3) is 16.9 Å². The molecule has 1 fully saturated rings. The second kappa shape index (κ2) is 16.1. The zero-order chi connectivity index (χ0) is 41.3. The molecule has 1 aliphatic heterocycles. The third-order valence-corrected chi connectivity index (χ3v) is 13.6. The Labute approximate surface area is 332 Å². The fourth-order valence-corrected chi connectivity index (χ4v) is 10.8. The Bertz CT molecular complexity index is 2490. The van der Waals surface area contributed by atoms with Crippen LogP contribution in [0.15, 0.2) is 101 Å². The molecule has 0 bridgehead atoms. The van der Waals surface area contributed by atoms with Gasteiger partial charge in [0.2, 0.25) is 5.91 Å². The number of carbonyl (C=O) groups is 3. The van der Waals surface area contributed by atoms with Crippen LogP contribution in [-0.2, 0) is 37.2 Å².